The van der Waals surface area contributed by atoms with Crippen LogP contribution in [0.1, 0.15) is 108 Å². The molecular weight excluding hydrogens is 485 g/mol. The molecule has 188 valence electrons. The SMILES string of the molecule is CC(C)c1ccsc1C1=Cc2ccccc2C1C(C)(C)C1C(c2sccc2C(C)C)=Cc2ccccc21. The maximum absolute atomic E-state index is 2.53. The van der Waals surface area contributed by atoms with Crippen LogP contribution in [0.3, 0.4) is 0 Å². The van der Waals surface area contributed by atoms with E-state index >= 15 is 0 Å². The molecule has 0 amide bonds. The first-order valence-corrected chi connectivity index (χ1v) is 15.3. The Kier molecular flexibility index (Phi) is 6.17. The molecule has 2 heterocycles. The molecular formula is C35H36S2. The highest BCUT2D eigenvalue weighted by Crippen LogP contribution is 2.63. The molecule has 2 atom stereocenters. The quantitative estimate of drug-likeness (QED) is 0.237. The number of hydrogen-bond donors (Lipinski definition) is 0. The topological polar surface area (TPSA) is 0 Å². The van der Waals surface area contributed by atoms with Gasteiger partial charge in [-0.1, -0.05) is 90.1 Å². The Labute approximate surface area is 230 Å². The van der Waals surface area contributed by atoms with E-state index in [2.05, 4.69) is 125 Å². The van der Waals surface area contributed by atoms with Crippen molar-refractivity contribution in [2.45, 2.75) is 65.2 Å². The molecule has 2 unspecified atom stereocenters. The first-order chi connectivity index (χ1) is 17.8. The summed E-state index contributed by atoms with van der Waals surface area (Å²) in [7, 11) is 0. The molecule has 2 heteroatoms. The summed E-state index contributed by atoms with van der Waals surface area (Å²) in [6, 6.07) is 22.9. The van der Waals surface area contributed by atoms with Gasteiger partial charge in [0.1, 0.15) is 0 Å². The van der Waals surface area contributed by atoms with E-state index in [-0.39, 0.29) is 5.41 Å². The van der Waals surface area contributed by atoms with E-state index in [1.165, 1.54) is 54.3 Å². The van der Waals surface area contributed by atoms with Gasteiger partial charge in [0, 0.05) is 21.6 Å². The number of hydrogen-bond acceptors (Lipinski definition) is 2. The maximum atomic E-state index is 2.53. The average molecular weight is 521 g/mol. The summed E-state index contributed by atoms with van der Waals surface area (Å²) in [6.45, 7) is 14.4. The van der Waals surface area contributed by atoms with Crippen molar-refractivity contribution in [2.75, 3.05) is 0 Å². The molecule has 37 heavy (non-hydrogen) atoms. The minimum atomic E-state index is -0.0344. The summed E-state index contributed by atoms with van der Waals surface area (Å²) in [6.07, 6.45) is 4.99. The van der Waals surface area contributed by atoms with Gasteiger partial charge in [0.05, 0.1) is 0 Å². The van der Waals surface area contributed by atoms with E-state index in [0.717, 1.165) is 0 Å². The van der Waals surface area contributed by atoms with Crippen LogP contribution in [0.4, 0.5) is 0 Å². The van der Waals surface area contributed by atoms with Crippen molar-refractivity contribution in [1.82, 2.24) is 0 Å². The molecule has 2 aliphatic carbocycles. The van der Waals surface area contributed by atoms with Crippen LogP contribution >= 0.6 is 22.7 Å². The predicted molar refractivity (Wildman–Crippen MR) is 165 cm³/mol. The van der Waals surface area contributed by atoms with E-state index in [4.69, 9.17) is 0 Å². The van der Waals surface area contributed by atoms with Gasteiger partial charge in [-0.05, 0) is 96.8 Å². The van der Waals surface area contributed by atoms with Crippen LogP contribution in [0, 0.1) is 5.41 Å². The Morgan fingerprint density at radius 3 is 1.41 bits per heavy atom. The van der Waals surface area contributed by atoms with E-state index in [0.29, 0.717) is 23.7 Å². The first-order valence-electron chi connectivity index (χ1n) is 13.6. The monoisotopic (exact) mass is 520 g/mol. The Balaban J connectivity index is 1.55. The number of thiophene rings is 2. The van der Waals surface area contributed by atoms with Crippen LogP contribution in [-0.4, -0.2) is 0 Å². The number of rotatable bonds is 6. The Morgan fingerprint density at radius 2 is 1.00 bits per heavy atom. The fraction of sp³-hybridized carbons (Fsp3) is 0.314. The summed E-state index contributed by atoms with van der Waals surface area (Å²) in [5.41, 5.74) is 11.7. The van der Waals surface area contributed by atoms with Gasteiger partial charge in [0.2, 0.25) is 0 Å². The van der Waals surface area contributed by atoms with Crippen molar-refractivity contribution >= 4 is 46.0 Å². The molecule has 0 N–H and O–H groups in total. The van der Waals surface area contributed by atoms with Crippen LogP contribution in [0.25, 0.3) is 23.3 Å². The van der Waals surface area contributed by atoms with Crippen molar-refractivity contribution in [3.63, 3.8) is 0 Å². The van der Waals surface area contributed by atoms with Gasteiger partial charge in [-0.2, -0.15) is 0 Å². The molecule has 0 radical (unpaired) electrons. The van der Waals surface area contributed by atoms with Crippen molar-refractivity contribution in [2.24, 2.45) is 5.41 Å². The summed E-state index contributed by atoms with van der Waals surface area (Å²) >= 11 is 3.84. The van der Waals surface area contributed by atoms with Crippen LogP contribution in [0.2, 0.25) is 0 Å². The maximum Gasteiger partial charge on any atom is 0.0343 e. The van der Waals surface area contributed by atoms with Crippen molar-refractivity contribution in [3.05, 3.63) is 115 Å². The normalized spacial score (nSPS) is 18.8. The Morgan fingerprint density at radius 1 is 0.595 bits per heavy atom. The van der Waals surface area contributed by atoms with Gasteiger partial charge in [0.15, 0.2) is 0 Å². The van der Waals surface area contributed by atoms with Gasteiger partial charge in [-0.15, -0.1) is 22.7 Å². The third-order valence-electron chi connectivity index (χ3n) is 8.51. The van der Waals surface area contributed by atoms with Crippen molar-refractivity contribution in [3.8, 4) is 0 Å². The molecule has 0 spiro atoms. The smallest absolute Gasteiger partial charge is 0.0343 e. The van der Waals surface area contributed by atoms with Gasteiger partial charge >= 0.3 is 0 Å². The predicted octanol–water partition coefficient (Wildman–Crippen LogP) is 11.1. The third kappa shape index (κ3) is 3.92. The van der Waals surface area contributed by atoms with E-state index < -0.39 is 0 Å². The second-order valence-electron chi connectivity index (χ2n) is 11.9. The van der Waals surface area contributed by atoms with Crippen LogP contribution < -0.4 is 0 Å². The second-order valence-corrected chi connectivity index (χ2v) is 13.7. The van der Waals surface area contributed by atoms with Crippen LogP contribution in [0.5, 0.6) is 0 Å². The zero-order chi connectivity index (χ0) is 25.9. The fourth-order valence-electron chi connectivity index (χ4n) is 6.83. The molecule has 2 aromatic heterocycles. The lowest BCUT2D eigenvalue weighted by Crippen LogP contribution is -2.30. The lowest BCUT2D eigenvalue weighted by atomic mass is 9.61. The molecule has 0 nitrogen and oxygen atoms in total. The van der Waals surface area contributed by atoms with E-state index in [1.807, 2.05) is 22.7 Å². The second kappa shape index (κ2) is 9.26. The van der Waals surface area contributed by atoms with Gasteiger partial charge in [-0.25, -0.2) is 0 Å². The molecule has 0 saturated carbocycles. The molecule has 6 rings (SSSR count). The van der Waals surface area contributed by atoms with Gasteiger partial charge < -0.3 is 0 Å². The highest BCUT2D eigenvalue weighted by molar-refractivity contribution is 7.11. The van der Waals surface area contributed by atoms with E-state index in [1.54, 1.807) is 0 Å². The largest absolute Gasteiger partial charge is 0.144 e. The zero-order valence-corrected chi connectivity index (χ0v) is 24.3. The standard InChI is InChI=1S/C35H36S2/c1-21(2)25-15-17-36-33(25)29-19-23-11-7-9-13-27(23)31(29)35(5,6)32-28-14-10-8-12-24(28)20-30(32)34-26(22(3)4)16-18-37-34/h7-22,31-32H,1-6H3. The molecule has 0 saturated heterocycles. The number of fused-ring (bicyclic) bond motifs is 2. The summed E-state index contributed by atoms with van der Waals surface area (Å²) in [4.78, 5) is 2.94. The van der Waals surface area contributed by atoms with Crippen molar-refractivity contribution in [1.29, 1.82) is 0 Å². The molecule has 4 aromatic rings. The summed E-state index contributed by atoms with van der Waals surface area (Å²) < 4.78 is 0. The first kappa shape index (κ1) is 24.6. The molecule has 2 aromatic carbocycles. The highest BCUT2D eigenvalue weighted by Gasteiger charge is 2.48. The Bertz CT molecular complexity index is 1400. The minimum absolute atomic E-state index is 0.0344. The third-order valence-corrected chi connectivity index (χ3v) is 10.5. The highest BCUT2D eigenvalue weighted by atomic mass is 32.1. The lowest BCUT2D eigenvalue weighted by Gasteiger charge is -2.42. The molecule has 0 bridgehead atoms. The number of allylic oxidation sites excluding steroid dienone is 2. The molecule has 0 aliphatic heterocycles. The Hall–Kier alpha value is -2.68. The average Bonchev–Trinajstić information content (AvgIpc) is 3.66. The van der Waals surface area contributed by atoms with Crippen LogP contribution in [0.15, 0.2) is 71.4 Å². The van der Waals surface area contributed by atoms with Crippen LogP contribution in [-0.2, 0) is 0 Å². The van der Waals surface area contributed by atoms with Gasteiger partial charge in [-0.3, -0.25) is 0 Å². The summed E-state index contributed by atoms with van der Waals surface area (Å²) in [5.74, 6) is 1.66. The summed E-state index contributed by atoms with van der Waals surface area (Å²) in [5, 5.41) is 4.57. The van der Waals surface area contributed by atoms with E-state index in [9.17, 15) is 0 Å². The minimum Gasteiger partial charge on any atom is -0.144 e. The molecule has 2 aliphatic rings. The van der Waals surface area contributed by atoms with Crippen molar-refractivity contribution < 1.29 is 0 Å². The lowest BCUT2D eigenvalue weighted by molar-refractivity contribution is 0.304. The molecule has 0 fully saturated rings. The van der Waals surface area contributed by atoms with Gasteiger partial charge in [0.25, 0.3) is 0 Å². The number of benzene rings is 2. The fourth-order valence-corrected chi connectivity index (χ4v) is 9.03. The zero-order valence-electron chi connectivity index (χ0n) is 22.7.